The Labute approximate surface area is 89.4 Å². The minimum atomic E-state index is 0.408. The number of hydrogen-bond acceptors (Lipinski definition) is 4. The Balaban J connectivity index is 2.61. The summed E-state index contributed by atoms with van der Waals surface area (Å²) in [6.07, 6.45) is 1.81. The van der Waals surface area contributed by atoms with Crippen LogP contribution in [-0.2, 0) is 0 Å². The van der Waals surface area contributed by atoms with Crippen LogP contribution in [0.1, 0.15) is 18.4 Å². The highest BCUT2D eigenvalue weighted by Gasteiger charge is 2.05. The molecular formula is C11H15N3O. The van der Waals surface area contributed by atoms with E-state index in [0.29, 0.717) is 30.2 Å². The van der Waals surface area contributed by atoms with Gasteiger partial charge in [-0.15, -0.1) is 0 Å². The summed E-state index contributed by atoms with van der Waals surface area (Å²) >= 11 is 0. The van der Waals surface area contributed by atoms with Crippen LogP contribution >= 0.6 is 0 Å². The minimum absolute atomic E-state index is 0.408. The molecule has 4 N–H and O–H groups in total. The van der Waals surface area contributed by atoms with Gasteiger partial charge in [0.05, 0.1) is 12.3 Å². The van der Waals surface area contributed by atoms with Crippen LogP contribution in [0.25, 0.3) is 0 Å². The van der Waals surface area contributed by atoms with Crippen LogP contribution in [0.5, 0.6) is 5.75 Å². The van der Waals surface area contributed by atoms with Crippen molar-refractivity contribution in [2.75, 3.05) is 18.9 Å². The minimum Gasteiger partial charge on any atom is -0.492 e. The summed E-state index contributed by atoms with van der Waals surface area (Å²) in [7, 11) is 0. The summed E-state index contributed by atoms with van der Waals surface area (Å²) in [5.74, 6) is 0.550. The first-order valence-corrected chi connectivity index (χ1v) is 4.91. The van der Waals surface area contributed by atoms with Crippen molar-refractivity contribution in [1.82, 2.24) is 0 Å². The van der Waals surface area contributed by atoms with Crippen LogP contribution in [0.2, 0.25) is 0 Å². The van der Waals surface area contributed by atoms with Gasteiger partial charge in [0.2, 0.25) is 0 Å². The summed E-state index contributed by atoms with van der Waals surface area (Å²) in [4.78, 5) is 0. The van der Waals surface area contributed by atoms with Gasteiger partial charge < -0.3 is 16.2 Å². The molecule has 0 bridgehead atoms. The van der Waals surface area contributed by atoms with Gasteiger partial charge in [-0.2, -0.15) is 5.26 Å². The molecule has 0 aliphatic carbocycles. The predicted octanol–water partition coefficient (Wildman–Crippen LogP) is 1.26. The molecule has 0 amide bonds. The van der Waals surface area contributed by atoms with Gasteiger partial charge in [-0.1, -0.05) is 6.07 Å². The summed E-state index contributed by atoms with van der Waals surface area (Å²) in [5.41, 5.74) is 11.9. The molecular weight excluding hydrogens is 190 g/mol. The maximum Gasteiger partial charge on any atom is 0.139 e. The molecule has 0 aliphatic rings. The van der Waals surface area contributed by atoms with Gasteiger partial charge in [0.15, 0.2) is 0 Å². The zero-order valence-electron chi connectivity index (χ0n) is 8.57. The second kappa shape index (κ2) is 5.89. The molecule has 0 saturated carbocycles. The third-order valence-corrected chi connectivity index (χ3v) is 2.03. The fourth-order valence-electron chi connectivity index (χ4n) is 1.22. The predicted molar refractivity (Wildman–Crippen MR) is 59.4 cm³/mol. The van der Waals surface area contributed by atoms with Crippen LogP contribution in [0.3, 0.4) is 0 Å². The van der Waals surface area contributed by atoms with Gasteiger partial charge in [0, 0.05) is 0 Å². The smallest absolute Gasteiger partial charge is 0.139 e. The third kappa shape index (κ3) is 3.15. The van der Waals surface area contributed by atoms with Gasteiger partial charge in [0.1, 0.15) is 17.4 Å². The van der Waals surface area contributed by atoms with E-state index in [9.17, 15) is 0 Å². The van der Waals surface area contributed by atoms with E-state index in [1.165, 1.54) is 0 Å². The lowest BCUT2D eigenvalue weighted by molar-refractivity contribution is 0.307. The molecule has 1 aromatic rings. The van der Waals surface area contributed by atoms with Crippen molar-refractivity contribution in [1.29, 1.82) is 5.26 Å². The summed E-state index contributed by atoms with van der Waals surface area (Å²) < 4.78 is 5.45. The quantitative estimate of drug-likeness (QED) is 0.559. The molecule has 0 radical (unpaired) electrons. The van der Waals surface area contributed by atoms with E-state index in [0.717, 1.165) is 12.8 Å². The Morgan fingerprint density at radius 3 is 2.80 bits per heavy atom. The highest BCUT2D eigenvalue weighted by molar-refractivity contribution is 5.60. The molecule has 0 fully saturated rings. The number of anilines is 1. The van der Waals surface area contributed by atoms with Gasteiger partial charge in [-0.3, -0.25) is 0 Å². The van der Waals surface area contributed by atoms with Crippen LogP contribution in [-0.4, -0.2) is 13.2 Å². The van der Waals surface area contributed by atoms with E-state index in [1.54, 1.807) is 18.2 Å². The summed E-state index contributed by atoms with van der Waals surface area (Å²) in [5, 5.41) is 8.87. The van der Waals surface area contributed by atoms with Crippen molar-refractivity contribution in [3.63, 3.8) is 0 Å². The molecule has 4 nitrogen and oxygen atoms in total. The average molecular weight is 205 g/mol. The number of benzene rings is 1. The molecule has 0 heterocycles. The molecule has 15 heavy (non-hydrogen) atoms. The second-order valence-corrected chi connectivity index (χ2v) is 3.18. The number of nitriles is 1. The topological polar surface area (TPSA) is 85.1 Å². The van der Waals surface area contributed by atoms with Gasteiger partial charge in [-0.05, 0) is 31.5 Å². The summed E-state index contributed by atoms with van der Waals surface area (Å²) in [6.45, 7) is 1.22. The second-order valence-electron chi connectivity index (χ2n) is 3.18. The van der Waals surface area contributed by atoms with Crippen LogP contribution in [0.15, 0.2) is 18.2 Å². The van der Waals surface area contributed by atoms with E-state index in [2.05, 4.69) is 0 Å². The van der Waals surface area contributed by atoms with Crippen molar-refractivity contribution in [3.8, 4) is 11.8 Å². The van der Waals surface area contributed by atoms with Gasteiger partial charge >= 0.3 is 0 Å². The Morgan fingerprint density at radius 2 is 2.13 bits per heavy atom. The highest BCUT2D eigenvalue weighted by Crippen LogP contribution is 2.23. The van der Waals surface area contributed by atoms with E-state index in [1.807, 2.05) is 6.07 Å². The number of rotatable bonds is 5. The van der Waals surface area contributed by atoms with Gasteiger partial charge in [0.25, 0.3) is 0 Å². The monoisotopic (exact) mass is 205 g/mol. The third-order valence-electron chi connectivity index (χ3n) is 2.03. The first-order valence-electron chi connectivity index (χ1n) is 4.91. The average Bonchev–Trinajstić information content (AvgIpc) is 2.24. The Morgan fingerprint density at radius 1 is 1.33 bits per heavy atom. The van der Waals surface area contributed by atoms with E-state index in [4.69, 9.17) is 21.5 Å². The Hall–Kier alpha value is -1.73. The molecule has 0 aliphatic heterocycles. The van der Waals surface area contributed by atoms with Crippen molar-refractivity contribution < 1.29 is 4.74 Å². The first kappa shape index (κ1) is 11.3. The van der Waals surface area contributed by atoms with E-state index >= 15 is 0 Å². The number of hydrogen-bond donors (Lipinski definition) is 2. The zero-order chi connectivity index (χ0) is 11.1. The molecule has 1 aromatic carbocycles. The highest BCUT2D eigenvalue weighted by atomic mass is 16.5. The van der Waals surface area contributed by atoms with E-state index < -0.39 is 0 Å². The fraction of sp³-hybridized carbons (Fsp3) is 0.364. The Kier molecular flexibility index (Phi) is 4.45. The molecule has 0 atom stereocenters. The lowest BCUT2D eigenvalue weighted by Gasteiger charge is -2.08. The SMILES string of the molecule is N#Cc1c(N)cccc1OCCCCN. The van der Waals surface area contributed by atoms with Crippen LogP contribution in [0, 0.1) is 11.3 Å². The van der Waals surface area contributed by atoms with Crippen LogP contribution < -0.4 is 16.2 Å². The molecule has 0 unspecified atom stereocenters. The number of nitrogens with zero attached hydrogens (tertiary/aromatic N) is 1. The molecule has 80 valence electrons. The molecule has 0 aromatic heterocycles. The maximum atomic E-state index is 8.87. The molecule has 4 heteroatoms. The molecule has 0 spiro atoms. The zero-order valence-corrected chi connectivity index (χ0v) is 8.57. The Bertz CT molecular complexity index is 357. The maximum absolute atomic E-state index is 8.87. The number of ether oxygens (including phenoxy) is 1. The number of nitrogen functional groups attached to an aromatic ring is 1. The van der Waals surface area contributed by atoms with Gasteiger partial charge in [-0.25, -0.2) is 0 Å². The summed E-state index contributed by atoms with van der Waals surface area (Å²) in [6, 6.07) is 7.24. The molecule has 1 rings (SSSR count). The lowest BCUT2D eigenvalue weighted by atomic mass is 10.2. The van der Waals surface area contributed by atoms with Crippen molar-refractivity contribution in [2.45, 2.75) is 12.8 Å². The van der Waals surface area contributed by atoms with E-state index in [-0.39, 0.29) is 0 Å². The number of nitrogens with two attached hydrogens (primary N) is 2. The van der Waals surface area contributed by atoms with Crippen molar-refractivity contribution in [3.05, 3.63) is 23.8 Å². The standard InChI is InChI=1S/C11H15N3O/c12-6-1-2-7-15-11-5-3-4-10(14)9(11)8-13/h3-5H,1-2,6-7,12,14H2. The normalized spacial score (nSPS) is 9.60. The fourth-order valence-corrected chi connectivity index (χ4v) is 1.22. The lowest BCUT2D eigenvalue weighted by Crippen LogP contribution is -2.04. The van der Waals surface area contributed by atoms with Crippen LogP contribution in [0.4, 0.5) is 5.69 Å². The molecule has 0 saturated heterocycles. The van der Waals surface area contributed by atoms with Crippen molar-refractivity contribution >= 4 is 5.69 Å². The largest absolute Gasteiger partial charge is 0.492 e. The number of unbranched alkanes of at least 4 members (excludes halogenated alkanes) is 1. The van der Waals surface area contributed by atoms with Crippen molar-refractivity contribution in [2.24, 2.45) is 5.73 Å². The first-order chi connectivity index (χ1) is 7.29.